The van der Waals surface area contributed by atoms with Gasteiger partial charge >= 0.3 is 0 Å². The van der Waals surface area contributed by atoms with Crippen LogP contribution in [0.15, 0.2) is 60.7 Å². The summed E-state index contributed by atoms with van der Waals surface area (Å²) in [5, 5.41) is 4.48. The number of fused-ring (bicyclic) bond motifs is 1. The molecule has 1 heterocycles. The first-order chi connectivity index (χ1) is 19.4. The molecule has 1 aliphatic heterocycles. The number of halogens is 1. The van der Waals surface area contributed by atoms with Crippen molar-refractivity contribution in [2.75, 3.05) is 12.0 Å². The van der Waals surface area contributed by atoms with Crippen molar-refractivity contribution < 1.29 is 14.3 Å². The first-order valence-electron chi connectivity index (χ1n) is 14.7. The van der Waals surface area contributed by atoms with E-state index in [0.29, 0.717) is 29.0 Å². The molecule has 1 fully saturated rings. The molecule has 1 aliphatic carbocycles. The first-order valence-corrected chi connectivity index (χ1v) is 15.1. The molecule has 212 valence electrons. The maximum Gasteiger partial charge on any atom is 0.232 e. The highest BCUT2D eigenvalue weighted by atomic mass is 35.5. The molecular formula is C34H41ClN2O3. The lowest BCUT2D eigenvalue weighted by atomic mass is 9.86. The maximum absolute atomic E-state index is 13.8. The zero-order valence-corrected chi connectivity index (χ0v) is 24.8. The summed E-state index contributed by atoms with van der Waals surface area (Å²) in [6.07, 6.45) is 7.68. The number of carbonyl (C=O) groups excluding carboxylic acids is 1. The number of hydrogen-bond donors (Lipinski definition) is 1. The zero-order valence-electron chi connectivity index (χ0n) is 24.1. The molecule has 0 bridgehead atoms. The summed E-state index contributed by atoms with van der Waals surface area (Å²) in [7, 11) is 1.64. The molecule has 2 aliphatic rings. The number of rotatable bonds is 9. The van der Waals surface area contributed by atoms with E-state index in [1.165, 1.54) is 37.7 Å². The Bertz CT molecular complexity index is 1300. The minimum atomic E-state index is -0.317. The number of ether oxygens (including phenoxy) is 2. The lowest BCUT2D eigenvalue weighted by Crippen LogP contribution is -2.41. The van der Waals surface area contributed by atoms with Gasteiger partial charge in [-0.1, -0.05) is 62.1 Å². The van der Waals surface area contributed by atoms with Gasteiger partial charge in [0.25, 0.3) is 0 Å². The Morgan fingerprint density at radius 1 is 0.975 bits per heavy atom. The molecule has 40 heavy (non-hydrogen) atoms. The molecule has 5 nitrogen and oxygen atoms in total. The highest BCUT2D eigenvalue weighted by molar-refractivity contribution is 6.30. The van der Waals surface area contributed by atoms with Crippen LogP contribution >= 0.6 is 11.6 Å². The molecule has 3 atom stereocenters. The molecule has 3 aromatic carbocycles. The molecule has 2 unspecified atom stereocenters. The maximum atomic E-state index is 13.8. The summed E-state index contributed by atoms with van der Waals surface area (Å²) >= 11 is 6.26. The van der Waals surface area contributed by atoms with Crippen LogP contribution in [-0.2, 0) is 11.2 Å². The van der Waals surface area contributed by atoms with Crippen LogP contribution in [0.3, 0.4) is 0 Å². The van der Waals surface area contributed by atoms with Crippen molar-refractivity contribution >= 4 is 23.2 Å². The van der Waals surface area contributed by atoms with Crippen LogP contribution in [0.25, 0.3) is 0 Å². The fourth-order valence-electron chi connectivity index (χ4n) is 6.02. The smallest absolute Gasteiger partial charge is 0.232 e. The Hall–Kier alpha value is -3.02. The van der Waals surface area contributed by atoms with E-state index in [9.17, 15) is 4.79 Å². The van der Waals surface area contributed by atoms with Crippen molar-refractivity contribution in [1.29, 1.82) is 0 Å². The second-order valence-electron chi connectivity index (χ2n) is 11.2. The molecular weight excluding hydrogens is 520 g/mol. The van der Waals surface area contributed by atoms with E-state index in [0.717, 1.165) is 28.8 Å². The quantitative estimate of drug-likeness (QED) is 0.286. The van der Waals surface area contributed by atoms with Gasteiger partial charge in [0.1, 0.15) is 0 Å². The lowest BCUT2D eigenvalue weighted by Gasteiger charge is -2.38. The van der Waals surface area contributed by atoms with Gasteiger partial charge in [-0.3, -0.25) is 4.79 Å². The molecule has 5 rings (SSSR count). The average Bonchev–Trinajstić information content (AvgIpc) is 2.97. The van der Waals surface area contributed by atoms with Gasteiger partial charge in [-0.05, 0) is 91.8 Å². The Morgan fingerprint density at radius 3 is 2.33 bits per heavy atom. The van der Waals surface area contributed by atoms with Crippen LogP contribution in [-0.4, -0.2) is 25.2 Å². The van der Waals surface area contributed by atoms with Gasteiger partial charge in [0.2, 0.25) is 5.91 Å². The minimum Gasteiger partial charge on any atom is -0.493 e. The number of carbonyl (C=O) groups is 1. The summed E-state index contributed by atoms with van der Waals surface area (Å²) < 4.78 is 11.9. The fraction of sp³-hybridized carbons (Fsp3) is 0.441. The summed E-state index contributed by atoms with van der Waals surface area (Å²) in [4.78, 5) is 15.7. The van der Waals surface area contributed by atoms with Crippen LogP contribution in [0.1, 0.15) is 93.6 Å². The highest BCUT2D eigenvalue weighted by Gasteiger charge is 2.36. The van der Waals surface area contributed by atoms with Crippen molar-refractivity contribution in [2.24, 2.45) is 0 Å². The van der Waals surface area contributed by atoms with Gasteiger partial charge in [-0.25, -0.2) is 0 Å². The van der Waals surface area contributed by atoms with E-state index in [1.807, 2.05) is 35.2 Å². The number of amides is 1. The van der Waals surface area contributed by atoms with Crippen LogP contribution < -0.4 is 19.7 Å². The molecule has 0 radical (unpaired) electrons. The van der Waals surface area contributed by atoms with E-state index >= 15 is 0 Å². The minimum absolute atomic E-state index is 0.0408. The SMILES string of the molecule is CC[C@@H](C)Oc1cc2c(cc1OC)CC(=O)N(c1ccc(C(C)NC3CCCCC3)cc1)C2c1ccc(Cl)cc1. The highest BCUT2D eigenvalue weighted by Crippen LogP contribution is 2.44. The van der Waals surface area contributed by atoms with E-state index < -0.39 is 0 Å². The van der Waals surface area contributed by atoms with E-state index in [1.54, 1.807) is 7.11 Å². The summed E-state index contributed by atoms with van der Waals surface area (Å²) in [6.45, 7) is 6.38. The zero-order chi connectivity index (χ0) is 28.2. The number of nitrogens with one attached hydrogen (secondary N) is 1. The van der Waals surface area contributed by atoms with Gasteiger partial charge in [-0.2, -0.15) is 0 Å². The average molecular weight is 561 g/mol. The largest absolute Gasteiger partial charge is 0.493 e. The van der Waals surface area contributed by atoms with Crippen molar-refractivity contribution in [3.63, 3.8) is 0 Å². The molecule has 0 aromatic heterocycles. The molecule has 1 saturated carbocycles. The van der Waals surface area contributed by atoms with Gasteiger partial charge in [0.05, 0.1) is 25.7 Å². The lowest BCUT2D eigenvalue weighted by molar-refractivity contribution is -0.118. The molecule has 1 N–H and O–H groups in total. The van der Waals surface area contributed by atoms with Gasteiger partial charge < -0.3 is 19.7 Å². The Morgan fingerprint density at radius 2 is 1.68 bits per heavy atom. The molecule has 6 heteroatoms. The van der Waals surface area contributed by atoms with Crippen LogP contribution in [0.5, 0.6) is 11.5 Å². The number of benzene rings is 3. The van der Waals surface area contributed by atoms with Crippen molar-refractivity contribution in [3.8, 4) is 11.5 Å². The number of hydrogen-bond acceptors (Lipinski definition) is 4. The molecule has 1 amide bonds. The topological polar surface area (TPSA) is 50.8 Å². The summed E-state index contributed by atoms with van der Waals surface area (Å²) in [5.74, 6) is 1.40. The Labute approximate surface area is 243 Å². The van der Waals surface area contributed by atoms with Gasteiger partial charge in [0.15, 0.2) is 11.5 Å². The normalized spacial score (nSPS) is 19.2. The van der Waals surface area contributed by atoms with E-state index in [4.69, 9.17) is 21.1 Å². The van der Waals surface area contributed by atoms with E-state index in [-0.39, 0.29) is 24.1 Å². The molecule has 3 aromatic rings. The van der Waals surface area contributed by atoms with Crippen molar-refractivity contribution in [2.45, 2.75) is 89.9 Å². The van der Waals surface area contributed by atoms with Crippen LogP contribution in [0.2, 0.25) is 5.02 Å². The van der Waals surface area contributed by atoms with Crippen LogP contribution in [0, 0.1) is 0 Å². The first kappa shape index (κ1) is 28.5. The summed E-state index contributed by atoms with van der Waals surface area (Å²) in [5.41, 5.74) is 5.10. The predicted octanol–water partition coefficient (Wildman–Crippen LogP) is 8.19. The van der Waals surface area contributed by atoms with Gasteiger partial charge in [-0.15, -0.1) is 0 Å². The monoisotopic (exact) mass is 560 g/mol. The molecule has 0 saturated heterocycles. The third-order valence-corrected chi connectivity index (χ3v) is 8.69. The second kappa shape index (κ2) is 12.7. The standard InChI is InChI=1S/C34H41ClN2O3/c1-5-22(2)40-32-21-30-26(19-31(32)39-4)20-33(38)37(34(30)25-11-15-27(35)16-12-25)29-17-13-24(14-18-29)23(3)36-28-9-7-6-8-10-28/h11-19,21-23,28,34,36H,5-10,20H2,1-4H3/t22-,23?,34?/m1/s1. The van der Waals surface area contributed by atoms with Crippen molar-refractivity contribution in [3.05, 3.63) is 87.9 Å². The fourth-order valence-corrected chi connectivity index (χ4v) is 6.14. The number of methoxy groups -OCH3 is 1. The van der Waals surface area contributed by atoms with Crippen LogP contribution in [0.4, 0.5) is 5.69 Å². The Kier molecular flexibility index (Phi) is 9.02. The number of anilines is 1. The van der Waals surface area contributed by atoms with E-state index in [2.05, 4.69) is 56.4 Å². The third kappa shape index (κ3) is 6.16. The number of nitrogens with zero attached hydrogens (tertiary/aromatic N) is 1. The molecule has 0 spiro atoms. The van der Waals surface area contributed by atoms with Crippen molar-refractivity contribution in [1.82, 2.24) is 5.32 Å². The Balaban J connectivity index is 1.51. The van der Waals surface area contributed by atoms with Gasteiger partial charge in [0, 0.05) is 22.8 Å². The third-order valence-electron chi connectivity index (χ3n) is 8.44. The predicted molar refractivity (Wildman–Crippen MR) is 163 cm³/mol. The second-order valence-corrected chi connectivity index (χ2v) is 11.7. The summed E-state index contributed by atoms with van der Waals surface area (Å²) in [6, 6.07) is 20.8.